The monoisotopic (exact) mass is 402 g/mol. The van der Waals surface area contributed by atoms with Crippen LogP contribution >= 0.6 is 0 Å². The number of likely N-dealkylation sites (N-methyl/N-ethyl adjacent to an activating group) is 2. The topological polar surface area (TPSA) is 134 Å². The lowest BCUT2D eigenvalue weighted by Crippen LogP contribution is -2.41. The van der Waals surface area contributed by atoms with Crippen LogP contribution in [0.1, 0.15) is 27.7 Å². The highest BCUT2D eigenvalue weighted by Gasteiger charge is 2.22. The number of carbonyl (C=O) groups is 4. The number of hydrogen-bond acceptors (Lipinski definition) is 8. The summed E-state index contributed by atoms with van der Waals surface area (Å²) in [5.74, 6) is -3.03. The molecule has 0 aliphatic heterocycles. The van der Waals surface area contributed by atoms with E-state index in [1.54, 1.807) is 27.7 Å². The number of aliphatic hydroxyl groups excluding tert-OH is 2. The highest BCUT2D eigenvalue weighted by atomic mass is 16.5. The number of carbonyl (C=O) groups excluding carboxylic acids is 4. The summed E-state index contributed by atoms with van der Waals surface area (Å²) in [5, 5.41) is 19.4. The van der Waals surface area contributed by atoms with Gasteiger partial charge in [-0.3, -0.25) is 9.59 Å². The van der Waals surface area contributed by atoms with Crippen molar-refractivity contribution in [3.63, 3.8) is 0 Å². The van der Waals surface area contributed by atoms with Gasteiger partial charge >= 0.3 is 11.9 Å². The molecule has 0 spiro atoms. The molecule has 160 valence electrons. The van der Waals surface area contributed by atoms with E-state index in [4.69, 9.17) is 9.47 Å². The van der Waals surface area contributed by atoms with Crippen molar-refractivity contribution in [1.82, 2.24) is 9.80 Å². The first-order chi connectivity index (χ1) is 13.2. The standard InChI is InChI=1S/C18H30N2O8/c1-5-19(6-2)17(25)13(21)11-27-15(23)9-10-16(24)28-12-14(22)18(26)20(7-3)8-4/h9-10,13-14,21-22H,5-8,11-12H2,1-4H3/b10-9+/t13-,14-/m1/s1. The van der Waals surface area contributed by atoms with Gasteiger partial charge in [-0.25, -0.2) is 9.59 Å². The Morgan fingerprint density at radius 3 is 1.25 bits per heavy atom. The molecule has 0 radical (unpaired) electrons. The van der Waals surface area contributed by atoms with E-state index in [2.05, 4.69) is 0 Å². The van der Waals surface area contributed by atoms with Crippen molar-refractivity contribution < 1.29 is 38.9 Å². The van der Waals surface area contributed by atoms with Crippen molar-refractivity contribution >= 4 is 23.8 Å². The second-order valence-corrected chi connectivity index (χ2v) is 5.65. The Kier molecular flexibility index (Phi) is 12.5. The van der Waals surface area contributed by atoms with Crippen molar-refractivity contribution in [3.8, 4) is 0 Å². The number of aliphatic hydroxyl groups is 2. The van der Waals surface area contributed by atoms with Gasteiger partial charge in [0.15, 0.2) is 12.2 Å². The van der Waals surface area contributed by atoms with Gasteiger partial charge in [0.05, 0.1) is 0 Å². The molecular formula is C18H30N2O8. The number of ether oxygens (including phenoxy) is 2. The predicted molar refractivity (Wildman–Crippen MR) is 98.9 cm³/mol. The van der Waals surface area contributed by atoms with Crippen molar-refractivity contribution in [2.75, 3.05) is 39.4 Å². The Labute approximate surface area is 164 Å². The van der Waals surface area contributed by atoms with Crippen molar-refractivity contribution in [2.45, 2.75) is 39.9 Å². The fraction of sp³-hybridized carbons (Fsp3) is 0.667. The van der Waals surface area contributed by atoms with E-state index < -0.39 is 49.2 Å². The Hall–Kier alpha value is -2.46. The average Bonchev–Trinajstić information content (AvgIpc) is 2.69. The van der Waals surface area contributed by atoms with Gasteiger partial charge in [0.2, 0.25) is 0 Å². The highest BCUT2D eigenvalue weighted by molar-refractivity contribution is 5.92. The first-order valence-electron chi connectivity index (χ1n) is 9.16. The molecule has 0 aromatic heterocycles. The zero-order valence-electron chi connectivity index (χ0n) is 16.8. The van der Waals surface area contributed by atoms with Crippen LogP contribution in [0, 0.1) is 0 Å². The van der Waals surface area contributed by atoms with Gasteiger partial charge in [-0.2, -0.15) is 0 Å². The average molecular weight is 402 g/mol. The third-order valence-electron chi connectivity index (χ3n) is 3.84. The van der Waals surface area contributed by atoms with Gasteiger partial charge in [0.25, 0.3) is 11.8 Å². The normalized spacial score (nSPS) is 12.9. The molecule has 0 aliphatic rings. The molecule has 0 heterocycles. The molecule has 0 unspecified atom stereocenters. The van der Waals surface area contributed by atoms with Crippen LogP contribution in [-0.4, -0.2) is 95.4 Å². The van der Waals surface area contributed by atoms with Crippen molar-refractivity contribution in [3.05, 3.63) is 12.2 Å². The number of nitrogens with zero attached hydrogens (tertiary/aromatic N) is 2. The second kappa shape index (κ2) is 13.7. The molecule has 28 heavy (non-hydrogen) atoms. The molecule has 10 nitrogen and oxygen atoms in total. The van der Waals surface area contributed by atoms with E-state index in [-0.39, 0.29) is 0 Å². The molecule has 0 aromatic carbocycles. The zero-order valence-corrected chi connectivity index (χ0v) is 16.8. The summed E-state index contributed by atoms with van der Waals surface area (Å²) in [4.78, 5) is 49.5. The van der Waals surface area contributed by atoms with Crippen LogP contribution in [0.25, 0.3) is 0 Å². The predicted octanol–water partition coefficient (Wildman–Crippen LogP) is -0.912. The smallest absolute Gasteiger partial charge is 0.331 e. The van der Waals surface area contributed by atoms with E-state index in [0.29, 0.717) is 26.2 Å². The quantitative estimate of drug-likeness (QED) is 0.316. The van der Waals surface area contributed by atoms with E-state index >= 15 is 0 Å². The van der Waals surface area contributed by atoms with Crippen LogP contribution in [0.15, 0.2) is 12.2 Å². The van der Waals surface area contributed by atoms with Crippen molar-refractivity contribution in [2.24, 2.45) is 0 Å². The Bertz CT molecular complexity index is 508. The van der Waals surface area contributed by atoms with E-state index in [1.165, 1.54) is 9.80 Å². The van der Waals surface area contributed by atoms with Gasteiger partial charge < -0.3 is 29.5 Å². The van der Waals surface area contributed by atoms with Crippen LogP contribution in [0.3, 0.4) is 0 Å². The molecule has 0 saturated heterocycles. The third-order valence-corrected chi connectivity index (χ3v) is 3.84. The van der Waals surface area contributed by atoms with Crippen LogP contribution in [-0.2, 0) is 28.7 Å². The minimum atomic E-state index is -1.49. The first kappa shape index (κ1) is 25.5. The van der Waals surface area contributed by atoms with Crippen LogP contribution in [0.5, 0.6) is 0 Å². The van der Waals surface area contributed by atoms with E-state index in [9.17, 15) is 29.4 Å². The Balaban J connectivity index is 4.35. The van der Waals surface area contributed by atoms with E-state index in [1.807, 2.05) is 0 Å². The lowest BCUT2D eigenvalue weighted by Gasteiger charge is -2.21. The molecule has 0 bridgehead atoms. The molecule has 0 rings (SSSR count). The lowest BCUT2D eigenvalue weighted by molar-refractivity contribution is -0.151. The summed E-state index contributed by atoms with van der Waals surface area (Å²) in [6.07, 6.45) is -1.47. The lowest BCUT2D eigenvalue weighted by atomic mass is 10.3. The molecular weight excluding hydrogens is 372 g/mol. The first-order valence-corrected chi connectivity index (χ1v) is 9.16. The fourth-order valence-electron chi connectivity index (χ4n) is 2.19. The third kappa shape index (κ3) is 8.96. The number of esters is 2. The minimum Gasteiger partial charge on any atom is -0.459 e. The van der Waals surface area contributed by atoms with E-state index in [0.717, 1.165) is 12.2 Å². The number of hydrogen-bond donors (Lipinski definition) is 2. The summed E-state index contributed by atoms with van der Waals surface area (Å²) < 4.78 is 9.40. The van der Waals surface area contributed by atoms with Gasteiger partial charge in [-0.05, 0) is 27.7 Å². The fourth-order valence-corrected chi connectivity index (χ4v) is 2.19. The number of rotatable bonds is 12. The van der Waals surface area contributed by atoms with Crippen molar-refractivity contribution in [1.29, 1.82) is 0 Å². The van der Waals surface area contributed by atoms with Gasteiger partial charge in [-0.1, -0.05) is 0 Å². The molecule has 0 fully saturated rings. The molecule has 2 amide bonds. The van der Waals surface area contributed by atoms with Gasteiger partial charge in [0.1, 0.15) is 13.2 Å². The SMILES string of the molecule is CCN(CC)C(=O)[C@H](O)COC(=O)/C=C/C(=O)OC[C@@H](O)C(=O)N(CC)CC. The summed E-state index contributed by atoms with van der Waals surface area (Å²) >= 11 is 0. The summed E-state index contributed by atoms with van der Waals surface area (Å²) in [6, 6.07) is 0. The number of amides is 2. The Morgan fingerprint density at radius 1 is 0.714 bits per heavy atom. The zero-order chi connectivity index (χ0) is 21.7. The molecule has 0 aromatic rings. The maximum Gasteiger partial charge on any atom is 0.331 e. The summed E-state index contributed by atoms with van der Waals surface area (Å²) in [6.45, 7) is 7.55. The van der Waals surface area contributed by atoms with Crippen LogP contribution < -0.4 is 0 Å². The van der Waals surface area contributed by atoms with Gasteiger partial charge in [0, 0.05) is 38.3 Å². The maximum absolute atomic E-state index is 11.8. The maximum atomic E-state index is 11.8. The molecule has 10 heteroatoms. The highest BCUT2D eigenvalue weighted by Crippen LogP contribution is 1.99. The minimum absolute atomic E-state index is 0.411. The molecule has 0 saturated carbocycles. The Morgan fingerprint density at radius 2 is 1.00 bits per heavy atom. The molecule has 2 N–H and O–H groups in total. The van der Waals surface area contributed by atoms with Crippen LogP contribution in [0.4, 0.5) is 0 Å². The largest absolute Gasteiger partial charge is 0.459 e. The van der Waals surface area contributed by atoms with Gasteiger partial charge in [-0.15, -0.1) is 0 Å². The van der Waals surface area contributed by atoms with Crippen LogP contribution in [0.2, 0.25) is 0 Å². The second-order valence-electron chi connectivity index (χ2n) is 5.65. The molecule has 0 aliphatic carbocycles. The summed E-state index contributed by atoms with van der Waals surface area (Å²) in [7, 11) is 0. The summed E-state index contributed by atoms with van der Waals surface area (Å²) in [5.41, 5.74) is 0. The molecule has 2 atom stereocenters.